The molecule has 7 heteroatoms. The van der Waals surface area contributed by atoms with E-state index in [1.807, 2.05) is 54.1 Å². The van der Waals surface area contributed by atoms with Crippen molar-refractivity contribution in [2.24, 2.45) is 0 Å². The van der Waals surface area contributed by atoms with Crippen LogP contribution in [0.15, 0.2) is 61.2 Å². The first-order chi connectivity index (χ1) is 13.1. The highest BCUT2D eigenvalue weighted by molar-refractivity contribution is 8.14. The van der Waals surface area contributed by atoms with Crippen molar-refractivity contribution in [1.29, 1.82) is 0 Å². The van der Waals surface area contributed by atoms with Crippen molar-refractivity contribution in [3.63, 3.8) is 0 Å². The molecule has 0 fully saturated rings. The fourth-order valence-electron chi connectivity index (χ4n) is 3.09. The second-order valence-corrected chi connectivity index (χ2v) is 12.0. The summed E-state index contributed by atoms with van der Waals surface area (Å²) in [6.07, 6.45) is 10.3. The molecule has 0 aliphatic rings. The van der Waals surface area contributed by atoms with Gasteiger partial charge in [-0.2, -0.15) is 0 Å². The number of pyridine rings is 2. The molecule has 0 saturated heterocycles. The number of aliphatic hydroxyl groups is 1. The summed E-state index contributed by atoms with van der Waals surface area (Å²) in [5, 5.41) is 11.2. The van der Waals surface area contributed by atoms with Crippen molar-refractivity contribution in [3.05, 3.63) is 78.4 Å². The van der Waals surface area contributed by atoms with E-state index in [-0.39, 0.29) is 0 Å². The van der Waals surface area contributed by atoms with Gasteiger partial charge in [0.05, 0.1) is 0 Å². The fourth-order valence-corrected chi connectivity index (χ4v) is 6.48. The summed E-state index contributed by atoms with van der Waals surface area (Å²) in [6.45, 7) is 2.81. The first kappa shape index (κ1) is 19.9. The topological polar surface area (TPSA) is 63.8 Å². The van der Waals surface area contributed by atoms with Crippen LogP contribution in [0.2, 0.25) is 0 Å². The van der Waals surface area contributed by atoms with Crippen LogP contribution in [-0.2, 0) is 31.2 Å². The summed E-state index contributed by atoms with van der Waals surface area (Å²) in [5.41, 5.74) is 2.02. The monoisotopic (exact) mass is 400 g/mol. The molecular formula is C20H25N4OPS. The van der Waals surface area contributed by atoms with Crippen LogP contribution in [0.25, 0.3) is 0 Å². The standard InChI is InChI=1S/C20H25N4OPS/c1-2-24-14-13-23-19(24)20(25)26(27,15-9-17-7-3-5-11-21-17)16-10-18-8-4-6-12-22-18/h3-8,11-14,20,25H,2,9-10,15-16H2,1H3. The predicted octanol–water partition coefficient (Wildman–Crippen LogP) is 3.65. The molecule has 5 nitrogen and oxygen atoms in total. The lowest BCUT2D eigenvalue weighted by molar-refractivity contribution is 0.246. The highest BCUT2D eigenvalue weighted by atomic mass is 32.4. The molecule has 0 saturated carbocycles. The highest BCUT2D eigenvalue weighted by Crippen LogP contribution is 2.58. The fraction of sp³-hybridized carbons (Fsp3) is 0.350. The molecule has 0 aliphatic heterocycles. The number of nitrogens with zero attached hydrogens (tertiary/aromatic N) is 4. The number of rotatable bonds is 9. The zero-order valence-electron chi connectivity index (χ0n) is 15.5. The molecule has 0 spiro atoms. The maximum atomic E-state index is 11.2. The largest absolute Gasteiger partial charge is 0.380 e. The molecule has 0 aromatic carbocycles. The van der Waals surface area contributed by atoms with Gasteiger partial charge in [-0.25, -0.2) is 4.98 Å². The van der Waals surface area contributed by atoms with Crippen LogP contribution in [0.5, 0.6) is 0 Å². The third-order valence-electron chi connectivity index (χ3n) is 4.71. The van der Waals surface area contributed by atoms with Crippen LogP contribution < -0.4 is 0 Å². The Morgan fingerprint density at radius 3 is 2.04 bits per heavy atom. The van der Waals surface area contributed by atoms with Gasteiger partial charge in [0.25, 0.3) is 0 Å². The van der Waals surface area contributed by atoms with Crippen LogP contribution in [0, 0.1) is 0 Å². The number of hydrogen-bond donors (Lipinski definition) is 1. The van der Waals surface area contributed by atoms with Gasteiger partial charge in [-0.15, -0.1) is 0 Å². The van der Waals surface area contributed by atoms with Gasteiger partial charge in [0, 0.05) is 42.7 Å². The third-order valence-corrected chi connectivity index (χ3v) is 9.49. The molecule has 0 amide bonds. The highest BCUT2D eigenvalue weighted by Gasteiger charge is 2.31. The number of aromatic nitrogens is 4. The Balaban J connectivity index is 1.81. The van der Waals surface area contributed by atoms with Crippen molar-refractivity contribution in [3.8, 4) is 0 Å². The number of imidazole rings is 1. The Morgan fingerprint density at radius 1 is 0.963 bits per heavy atom. The van der Waals surface area contributed by atoms with Crippen LogP contribution >= 0.6 is 6.04 Å². The maximum Gasteiger partial charge on any atom is 0.142 e. The van der Waals surface area contributed by atoms with Crippen LogP contribution in [0.3, 0.4) is 0 Å². The summed E-state index contributed by atoms with van der Waals surface area (Å²) < 4.78 is 1.98. The van der Waals surface area contributed by atoms with E-state index in [0.717, 1.165) is 43.1 Å². The summed E-state index contributed by atoms with van der Waals surface area (Å²) in [7, 11) is 0. The minimum Gasteiger partial charge on any atom is -0.380 e. The van der Waals surface area contributed by atoms with Gasteiger partial charge in [0.2, 0.25) is 0 Å². The minimum absolute atomic E-state index is 0.683. The quantitative estimate of drug-likeness (QED) is 0.556. The van der Waals surface area contributed by atoms with E-state index in [0.29, 0.717) is 5.82 Å². The Bertz CT molecular complexity index is 838. The smallest absolute Gasteiger partial charge is 0.142 e. The SMILES string of the molecule is CCn1ccnc1C(O)P(=S)(CCc1ccccn1)CCc1ccccn1. The molecule has 1 atom stereocenters. The molecular weight excluding hydrogens is 375 g/mol. The number of aryl methyl sites for hydroxylation is 3. The Kier molecular flexibility index (Phi) is 6.89. The van der Waals surface area contributed by atoms with Gasteiger partial charge >= 0.3 is 0 Å². The molecule has 0 aliphatic carbocycles. The zero-order valence-corrected chi connectivity index (χ0v) is 17.2. The van der Waals surface area contributed by atoms with E-state index in [4.69, 9.17) is 11.8 Å². The lowest BCUT2D eigenvalue weighted by Crippen LogP contribution is -2.14. The Hall–Kier alpha value is -1.88. The van der Waals surface area contributed by atoms with E-state index in [1.165, 1.54) is 0 Å². The normalized spacial score (nSPS) is 12.8. The first-order valence-corrected chi connectivity index (χ1v) is 12.4. The van der Waals surface area contributed by atoms with Crippen molar-refractivity contribution >= 4 is 17.8 Å². The average Bonchev–Trinajstić information content (AvgIpc) is 3.20. The zero-order chi connectivity index (χ0) is 19.1. The molecule has 3 heterocycles. The van der Waals surface area contributed by atoms with E-state index in [1.54, 1.807) is 18.6 Å². The molecule has 3 rings (SSSR count). The van der Waals surface area contributed by atoms with Crippen LogP contribution in [0.1, 0.15) is 30.0 Å². The van der Waals surface area contributed by atoms with Gasteiger partial charge < -0.3 is 9.67 Å². The molecule has 142 valence electrons. The van der Waals surface area contributed by atoms with Crippen LogP contribution in [0.4, 0.5) is 0 Å². The lowest BCUT2D eigenvalue weighted by Gasteiger charge is -2.27. The van der Waals surface area contributed by atoms with Gasteiger partial charge in [-0.05, 0) is 62.4 Å². The summed E-state index contributed by atoms with van der Waals surface area (Å²) >= 11 is 6.13. The van der Waals surface area contributed by atoms with Crippen molar-refractivity contribution in [2.45, 2.75) is 32.2 Å². The van der Waals surface area contributed by atoms with E-state index < -0.39 is 11.9 Å². The summed E-state index contributed by atoms with van der Waals surface area (Å²) in [5.74, 6) is -0.0299. The van der Waals surface area contributed by atoms with Crippen molar-refractivity contribution in [2.75, 3.05) is 12.3 Å². The van der Waals surface area contributed by atoms with Crippen molar-refractivity contribution < 1.29 is 5.11 Å². The van der Waals surface area contributed by atoms with E-state index in [9.17, 15) is 5.11 Å². The molecule has 3 aromatic heterocycles. The van der Waals surface area contributed by atoms with Gasteiger partial charge in [0.1, 0.15) is 11.7 Å². The summed E-state index contributed by atoms with van der Waals surface area (Å²) in [4.78, 5) is 13.2. The van der Waals surface area contributed by atoms with E-state index >= 15 is 0 Å². The number of aliphatic hydroxyl groups excluding tert-OH is 1. The molecule has 3 aromatic rings. The predicted molar refractivity (Wildman–Crippen MR) is 113 cm³/mol. The van der Waals surface area contributed by atoms with Gasteiger partial charge in [-0.3, -0.25) is 9.97 Å². The lowest BCUT2D eigenvalue weighted by atomic mass is 10.3. The first-order valence-electron chi connectivity index (χ1n) is 9.19. The Morgan fingerprint density at radius 2 is 1.56 bits per heavy atom. The van der Waals surface area contributed by atoms with Gasteiger partial charge in [-0.1, -0.05) is 23.9 Å². The molecule has 27 heavy (non-hydrogen) atoms. The number of hydrogen-bond acceptors (Lipinski definition) is 5. The van der Waals surface area contributed by atoms with Crippen molar-refractivity contribution in [1.82, 2.24) is 19.5 Å². The van der Waals surface area contributed by atoms with Crippen LogP contribution in [-0.4, -0.2) is 36.9 Å². The molecule has 0 bridgehead atoms. The van der Waals surface area contributed by atoms with E-state index in [2.05, 4.69) is 15.0 Å². The maximum absolute atomic E-state index is 11.2. The average molecular weight is 400 g/mol. The second kappa shape index (κ2) is 9.36. The minimum atomic E-state index is -2.14. The molecule has 1 unspecified atom stereocenters. The van der Waals surface area contributed by atoms with Gasteiger partial charge in [0.15, 0.2) is 0 Å². The third kappa shape index (κ3) is 5.10. The molecule has 1 N–H and O–H groups in total. The second-order valence-electron chi connectivity index (χ2n) is 6.49. The summed E-state index contributed by atoms with van der Waals surface area (Å²) in [6, 6.07) is 9.67. The molecule has 0 radical (unpaired) electrons. The Labute approximate surface area is 165 Å².